The average molecular weight is 680 g/mol. The van der Waals surface area contributed by atoms with Crippen molar-refractivity contribution < 1.29 is 4.74 Å². The number of pyridine rings is 1. The molecule has 0 bridgehead atoms. The third-order valence-electron chi connectivity index (χ3n) is 8.97. The Morgan fingerprint density at radius 2 is 1.82 bits per heavy atom. The number of allylic oxidation sites excluding steroid dienone is 1. The van der Waals surface area contributed by atoms with Gasteiger partial charge in [0, 0.05) is 48.7 Å². The van der Waals surface area contributed by atoms with Gasteiger partial charge in [0.2, 0.25) is 0 Å². The SMILES string of the molecule is C=CCC(C=N)C(NCc1ccc(OC)cc1)(c1ccc2c(c1)c(-c1cccc(Cl)c1)cc(=O)n2CC1CC1)c1cncn1C.CC.CC. The van der Waals surface area contributed by atoms with Crippen LogP contribution in [0.25, 0.3) is 22.0 Å². The minimum absolute atomic E-state index is 0.0170. The van der Waals surface area contributed by atoms with Crippen molar-refractivity contribution in [1.29, 1.82) is 5.41 Å². The van der Waals surface area contributed by atoms with E-state index in [1.54, 1.807) is 19.5 Å². The van der Waals surface area contributed by atoms with Crippen LogP contribution in [0, 0.1) is 17.2 Å². The molecule has 2 heterocycles. The molecule has 0 amide bonds. The number of benzene rings is 3. The standard InChI is InChI=1S/C37H38ClN5O2.2C2H6/c1-4-6-29(20-39)37(35-22-40-24-42(35)2,41-21-25-11-14-31(45-3)15-12-25)28-13-16-34-33(18-28)32(27-7-5-8-30(38)17-27)19-36(44)43(34)23-26-9-10-26;2*1-2/h4-5,7-8,11-20,22,24,26,29,39,41H,1,6,9-10,21,23H2,2-3H3;2*1-2H3. The predicted octanol–water partition coefficient (Wildman–Crippen LogP) is 9.40. The molecule has 0 spiro atoms. The van der Waals surface area contributed by atoms with E-state index in [0.717, 1.165) is 57.4 Å². The smallest absolute Gasteiger partial charge is 0.251 e. The summed E-state index contributed by atoms with van der Waals surface area (Å²) in [6, 6.07) is 23.7. The van der Waals surface area contributed by atoms with Gasteiger partial charge in [-0.1, -0.05) is 75.7 Å². The molecule has 1 saturated carbocycles. The minimum atomic E-state index is -0.863. The number of aromatic nitrogens is 3. The number of nitrogens with zero attached hydrogens (tertiary/aromatic N) is 3. The quantitative estimate of drug-likeness (QED) is 0.0959. The first-order valence-corrected chi connectivity index (χ1v) is 17.7. The van der Waals surface area contributed by atoms with E-state index in [2.05, 4.69) is 35.1 Å². The van der Waals surface area contributed by atoms with E-state index in [4.69, 9.17) is 21.7 Å². The van der Waals surface area contributed by atoms with Crippen molar-refractivity contribution in [3.05, 3.63) is 130 Å². The molecule has 258 valence electrons. The van der Waals surface area contributed by atoms with Crippen molar-refractivity contribution in [2.75, 3.05) is 7.11 Å². The maximum atomic E-state index is 13.6. The van der Waals surface area contributed by atoms with Crippen LogP contribution < -0.4 is 15.6 Å². The van der Waals surface area contributed by atoms with E-state index in [0.29, 0.717) is 30.5 Å². The van der Waals surface area contributed by atoms with Crippen LogP contribution in [0.4, 0.5) is 0 Å². The highest BCUT2D eigenvalue weighted by atomic mass is 35.5. The summed E-state index contributed by atoms with van der Waals surface area (Å²) in [5.41, 5.74) is 4.67. The lowest BCUT2D eigenvalue weighted by Crippen LogP contribution is -2.51. The second-order valence-corrected chi connectivity index (χ2v) is 12.3. The van der Waals surface area contributed by atoms with Crippen LogP contribution in [-0.4, -0.2) is 27.4 Å². The van der Waals surface area contributed by atoms with E-state index in [1.807, 2.05) is 105 Å². The van der Waals surface area contributed by atoms with Gasteiger partial charge in [-0.15, -0.1) is 6.58 Å². The van der Waals surface area contributed by atoms with Crippen LogP contribution in [0.3, 0.4) is 0 Å². The highest BCUT2D eigenvalue weighted by molar-refractivity contribution is 6.30. The highest BCUT2D eigenvalue weighted by Gasteiger charge is 2.43. The van der Waals surface area contributed by atoms with Gasteiger partial charge in [-0.3, -0.25) is 10.1 Å². The van der Waals surface area contributed by atoms with Crippen molar-refractivity contribution in [2.24, 2.45) is 18.9 Å². The van der Waals surface area contributed by atoms with Crippen LogP contribution in [0.5, 0.6) is 5.75 Å². The third-order valence-corrected chi connectivity index (χ3v) is 9.20. The summed E-state index contributed by atoms with van der Waals surface area (Å²) >= 11 is 6.45. The van der Waals surface area contributed by atoms with Crippen molar-refractivity contribution in [3.8, 4) is 16.9 Å². The summed E-state index contributed by atoms with van der Waals surface area (Å²) < 4.78 is 9.31. The summed E-state index contributed by atoms with van der Waals surface area (Å²) in [5.74, 6) is 1.02. The molecule has 1 fully saturated rings. The first-order valence-electron chi connectivity index (χ1n) is 17.3. The molecular formula is C41H50ClN5O2. The van der Waals surface area contributed by atoms with E-state index >= 15 is 0 Å². The molecule has 0 aliphatic heterocycles. The number of hydrogen-bond acceptors (Lipinski definition) is 5. The zero-order valence-corrected chi connectivity index (χ0v) is 30.4. The van der Waals surface area contributed by atoms with Gasteiger partial charge in [0.25, 0.3) is 5.56 Å². The maximum Gasteiger partial charge on any atom is 0.251 e. The number of fused-ring (bicyclic) bond motifs is 1. The Morgan fingerprint density at radius 1 is 1.08 bits per heavy atom. The predicted molar refractivity (Wildman–Crippen MR) is 205 cm³/mol. The Balaban J connectivity index is 0.00000130. The highest BCUT2D eigenvalue weighted by Crippen LogP contribution is 2.41. The number of hydrogen-bond donors (Lipinski definition) is 2. The molecule has 1 aliphatic rings. The average Bonchev–Trinajstić information content (AvgIpc) is 3.87. The second-order valence-electron chi connectivity index (χ2n) is 11.9. The lowest BCUT2D eigenvalue weighted by Gasteiger charge is -2.41. The first kappa shape index (κ1) is 37.4. The lowest BCUT2D eigenvalue weighted by molar-refractivity contribution is 0.306. The number of methoxy groups -OCH3 is 1. The summed E-state index contributed by atoms with van der Waals surface area (Å²) in [5, 5.41) is 14.1. The van der Waals surface area contributed by atoms with E-state index < -0.39 is 5.54 Å². The topological polar surface area (TPSA) is 84.9 Å². The summed E-state index contributed by atoms with van der Waals surface area (Å²) in [7, 11) is 3.64. The molecule has 2 N–H and O–H groups in total. The van der Waals surface area contributed by atoms with Crippen molar-refractivity contribution >= 4 is 28.7 Å². The molecule has 5 aromatic rings. The zero-order chi connectivity index (χ0) is 35.6. The summed E-state index contributed by atoms with van der Waals surface area (Å²) in [6.07, 6.45) is 9.88. The number of ether oxygens (including phenoxy) is 1. The number of imidazole rings is 1. The van der Waals surface area contributed by atoms with Crippen LogP contribution >= 0.6 is 11.6 Å². The van der Waals surface area contributed by atoms with Gasteiger partial charge in [-0.2, -0.15) is 0 Å². The number of rotatable bonds is 13. The molecule has 0 saturated heterocycles. The normalized spacial score (nSPS) is 14.0. The monoisotopic (exact) mass is 679 g/mol. The van der Waals surface area contributed by atoms with E-state index in [9.17, 15) is 4.79 Å². The van der Waals surface area contributed by atoms with Gasteiger partial charge in [0.15, 0.2) is 0 Å². The van der Waals surface area contributed by atoms with E-state index in [-0.39, 0.29) is 11.5 Å². The molecule has 6 rings (SSSR count). The summed E-state index contributed by atoms with van der Waals surface area (Å²) in [6.45, 7) is 13.3. The van der Waals surface area contributed by atoms with Crippen LogP contribution in [0.15, 0.2) is 103 Å². The van der Waals surface area contributed by atoms with Gasteiger partial charge in [0.1, 0.15) is 5.75 Å². The molecule has 2 unspecified atom stereocenters. The Hall–Kier alpha value is -4.46. The molecule has 49 heavy (non-hydrogen) atoms. The fraction of sp³-hybridized carbons (Fsp3) is 0.341. The minimum Gasteiger partial charge on any atom is -0.497 e. The number of aryl methyl sites for hydroxylation is 1. The van der Waals surface area contributed by atoms with Crippen molar-refractivity contribution in [1.82, 2.24) is 19.4 Å². The van der Waals surface area contributed by atoms with Crippen LogP contribution in [0.2, 0.25) is 5.02 Å². The number of halogens is 1. The van der Waals surface area contributed by atoms with Gasteiger partial charge >= 0.3 is 0 Å². The van der Waals surface area contributed by atoms with Gasteiger partial charge in [-0.25, -0.2) is 4.98 Å². The zero-order valence-electron chi connectivity index (χ0n) is 29.7. The van der Waals surface area contributed by atoms with Crippen LogP contribution in [0.1, 0.15) is 63.8 Å². The first-order chi connectivity index (χ1) is 23.9. The molecule has 3 aromatic carbocycles. The third kappa shape index (κ3) is 8.06. The largest absolute Gasteiger partial charge is 0.497 e. The molecule has 2 atom stereocenters. The van der Waals surface area contributed by atoms with Crippen LogP contribution in [-0.2, 0) is 25.7 Å². The molecule has 7 nitrogen and oxygen atoms in total. The van der Waals surface area contributed by atoms with Gasteiger partial charge in [0.05, 0.1) is 36.4 Å². The van der Waals surface area contributed by atoms with Gasteiger partial charge in [-0.05, 0) is 83.8 Å². The summed E-state index contributed by atoms with van der Waals surface area (Å²) in [4.78, 5) is 18.1. The Bertz CT molecular complexity index is 1910. The molecule has 8 heteroatoms. The fourth-order valence-electron chi connectivity index (χ4n) is 6.42. The van der Waals surface area contributed by atoms with Gasteiger partial charge < -0.3 is 19.3 Å². The van der Waals surface area contributed by atoms with Crippen molar-refractivity contribution in [2.45, 2.75) is 65.6 Å². The van der Waals surface area contributed by atoms with Crippen molar-refractivity contribution in [3.63, 3.8) is 0 Å². The molecular weight excluding hydrogens is 630 g/mol. The Labute approximate surface area is 296 Å². The molecule has 2 aromatic heterocycles. The Kier molecular flexibility index (Phi) is 13.2. The molecule has 0 radical (unpaired) electrons. The number of nitrogens with one attached hydrogen (secondary N) is 2. The molecule has 1 aliphatic carbocycles. The lowest BCUT2D eigenvalue weighted by atomic mass is 9.73. The second kappa shape index (κ2) is 17.3. The maximum absolute atomic E-state index is 13.6. The van der Waals surface area contributed by atoms with E-state index in [1.165, 1.54) is 6.21 Å². The fourth-order valence-corrected chi connectivity index (χ4v) is 6.61. The Morgan fingerprint density at radius 3 is 2.41 bits per heavy atom.